The number of piperidine rings is 1. The molecule has 0 bridgehead atoms. The Labute approximate surface area is 110 Å². The van der Waals surface area contributed by atoms with E-state index in [1.165, 1.54) is 5.69 Å². The van der Waals surface area contributed by atoms with E-state index >= 15 is 0 Å². The lowest BCUT2D eigenvalue weighted by Gasteiger charge is -2.24. The number of para-hydroxylation sites is 1. The second kappa shape index (κ2) is 7.39. The van der Waals surface area contributed by atoms with Gasteiger partial charge in [0.2, 0.25) is 0 Å². The molecule has 1 aromatic carbocycles. The van der Waals surface area contributed by atoms with Crippen molar-refractivity contribution in [2.75, 3.05) is 38.2 Å². The molecule has 1 aromatic rings. The first kappa shape index (κ1) is 13.4. The van der Waals surface area contributed by atoms with E-state index in [0.29, 0.717) is 6.10 Å². The van der Waals surface area contributed by atoms with Gasteiger partial charge in [-0.05, 0) is 44.5 Å². The zero-order valence-electron chi connectivity index (χ0n) is 11.3. The van der Waals surface area contributed by atoms with Crippen molar-refractivity contribution in [1.29, 1.82) is 0 Å². The van der Waals surface area contributed by atoms with Crippen LogP contribution in [0.15, 0.2) is 30.3 Å². The maximum absolute atomic E-state index is 5.90. The predicted octanol–water partition coefficient (Wildman–Crippen LogP) is 2.28. The third-order valence-electron chi connectivity index (χ3n) is 3.47. The number of rotatable bonds is 6. The van der Waals surface area contributed by atoms with Crippen LogP contribution in [0.5, 0.6) is 0 Å². The molecule has 1 heterocycles. The lowest BCUT2D eigenvalue weighted by Crippen LogP contribution is -2.33. The maximum atomic E-state index is 5.90. The van der Waals surface area contributed by atoms with Crippen LogP contribution in [0.25, 0.3) is 0 Å². The smallest absolute Gasteiger partial charge is 0.0599 e. The molecule has 1 saturated heterocycles. The lowest BCUT2D eigenvalue weighted by atomic mass is 10.1. The van der Waals surface area contributed by atoms with Gasteiger partial charge in [-0.2, -0.15) is 0 Å². The van der Waals surface area contributed by atoms with Crippen LogP contribution in [0.4, 0.5) is 5.69 Å². The Morgan fingerprint density at radius 2 is 1.94 bits per heavy atom. The van der Waals surface area contributed by atoms with Crippen LogP contribution in [0.2, 0.25) is 0 Å². The maximum Gasteiger partial charge on any atom is 0.0599 e. The molecular weight excluding hydrogens is 224 g/mol. The highest BCUT2D eigenvalue weighted by atomic mass is 16.5. The lowest BCUT2D eigenvalue weighted by molar-refractivity contribution is 0.0324. The van der Waals surface area contributed by atoms with Gasteiger partial charge >= 0.3 is 0 Å². The SMILES string of the molecule is CN(CCCOC1CCNCC1)c1ccccc1. The van der Waals surface area contributed by atoms with Crippen LogP contribution in [-0.2, 0) is 4.74 Å². The van der Waals surface area contributed by atoms with E-state index in [0.717, 1.165) is 45.5 Å². The third kappa shape index (κ3) is 4.31. The predicted molar refractivity (Wildman–Crippen MR) is 76.2 cm³/mol. The Morgan fingerprint density at radius 1 is 1.22 bits per heavy atom. The molecular formula is C15H24N2O. The Morgan fingerprint density at radius 3 is 2.67 bits per heavy atom. The van der Waals surface area contributed by atoms with Gasteiger partial charge in [0.05, 0.1) is 6.10 Å². The Kier molecular flexibility index (Phi) is 5.49. The van der Waals surface area contributed by atoms with E-state index in [1.807, 2.05) is 0 Å². The summed E-state index contributed by atoms with van der Waals surface area (Å²) in [4.78, 5) is 2.28. The van der Waals surface area contributed by atoms with E-state index in [4.69, 9.17) is 4.74 Å². The van der Waals surface area contributed by atoms with Gasteiger partial charge in [0.1, 0.15) is 0 Å². The summed E-state index contributed by atoms with van der Waals surface area (Å²) < 4.78 is 5.90. The van der Waals surface area contributed by atoms with Gasteiger partial charge in [0.25, 0.3) is 0 Å². The van der Waals surface area contributed by atoms with Crippen molar-refractivity contribution in [3.8, 4) is 0 Å². The summed E-state index contributed by atoms with van der Waals surface area (Å²) >= 11 is 0. The molecule has 1 fully saturated rings. The van der Waals surface area contributed by atoms with Crippen molar-refractivity contribution in [2.24, 2.45) is 0 Å². The minimum Gasteiger partial charge on any atom is -0.378 e. The zero-order chi connectivity index (χ0) is 12.6. The van der Waals surface area contributed by atoms with Crippen LogP contribution in [0, 0.1) is 0 Å². The second-order valence-corrected chi connectivity index (χ2v) is 4.93. The van der Waals surface area contributed by atoms with Gasteiger partial charge in [-0.25, -0.2) is 0 Å². The first-order valence-corrected chi connectivity index (χ1v) is 6.95. The molecule has 2 rings (SSSR count). The largest absolute Gasteiger partial charge is 0.378 e. The Balaban J connectivity index is 1.60. The van der Waals surface area contributed by atoms with Crippen LogP contribution in [0.1, 0.15) is 19.3 Å². The molecule has 3 nitrogen and oxygen atoms in total. The standard InChI is InChI=1S/C15H24N2O/c1-17(14-6-3-2-4-7-14)12-5-13-18-15-8-10-16-11-9-15/h2-4,6-7,15-16H,5,8-13H2,1H3. The van der Waals surface area contributed by atoms with Crippen molar-refractivity contribution in [1.82, 2.24) is 5.32 Å². The number of hydrogen-bond acceptors (Lipinski definition) is 3. The number of anilines is 1. The third-order valence-corrected chi connectivity index (χ3v) is 3.47. The van der Waals surface area contributed by atoms with Crippen molar-refractivity contribution in [3.63, 3.8) is 0 Å². The fraction of sp³-hybridized carbons (Fsp3) is 0.600. The summed E-state index contributed by atoms with van der Waals surface area (Å²) in [6.07, 6.45) is 3.89. The molecule has 1 aliphatic heterocycles. The monoisotopic (exact) mass is 248 g/mol. The average Bonchev–Trinajstić information content (AvgIpc) is 2.45. The van der Waals surface area contributed by atoms with Crippen LogP contribution in [-0.4, -0.2) is 39.4 Å². The van der Waals surface area contributed by atoms with Crippen LogP contribution in [0.3, 0.4) is 0 Å². The summed E-state index contributed by atoms with van der Waals surface area (Å²) in [5.41, 5.74) is 1.28. The summed E-state index contributed by atoms with van der Waals surface area (Å²) in [7, 11) is 2.14. The zero-order valence-corrected chi connectivity index (χ0v) is 11.3. The fourth-order valence-electron chi connectivity index (χ4n) is 2.33. The molecule has 0 aliphatic carbocycles. The van der Waals surface area contributed by atoms with Crippen molar-refractivity contribution in [2.45, 2.75) is 25.4 Å². The fourth-order valence-corrected chi connectivity index (χ4v) is 2.33. The van der Waals surface area contributed by atoms with Gasteiger partial charge in [0, 0.05) is 25.9 Å². The van der Waals surface area contributed by atoms with Crippen molar-refractivity contribution >= 4 is 5.69 Å². The first-order valence-electron chi connectivity index (χ1n) is 6.95. The molecule has 1 N–H and O–H groups in total. The molecule has 0 unspecified atom stereocenters. The molecule has 0 spiro atoms. The van der Waals surface area contributed by atoms with Crippen LogP contribution >= 0.6 is 0 Å². The minimum absolute atomic E-state index is 0.480. The highest BCUT2D eigenvalue weighted by Crippen LogP contribution is 2.12. The van der Waals surface area contributed by atoms with E-state index in [9.17, 15) is 0 Å². The van der Waals surface area contributed by atoms with Crippen molar-refractivity contribution in [3.05, 3.63) is 30.3 Å². The van der Waals surface area contributed by atoms with Crippen molar-refractivity contribution < 1.29 is 4.74 Å². The molecule has 1 aliphatic rings. The summed E-state index contributed by atoms with van der Waals surface area (Å²) in [5.74, 6) is 0. The van der Waals surface area contributed by atoms with Gasteiger partial charge in [-0.3, -0.25) is 0 Å². The molecule has 18 heavy (non-hydrogen) atoms. The molecule has 0 atom stereocenters. The summed E-state index contributed by atoms with van der Waals surface area (Å²) in [6, 6.07) is 10.5. The van der Waals surface area contributed by atoms with E-state index in [1.54, 1.807) is 0 Å². The highest BCUT2D eigenvalue weighted by molar-refractivity contribution is 5.44. The van der Waals surface area contributed by atoms with E-state index < -0.39 is 0 Å². The molecule has 0 radical (unpaired) electrons. The number of ether oxygens (including phenoxy) is 1. The average molecular weight is 248 g/mol. The number of benzene rings is 1. The molecule has 0 saturated carbocycles. The second-order valence-electron chi connectivity index (χ2n) is 4.93. The van der Waals surface area contributed by atoms with Gasteiger partial charge in [0.15, 0.2) is 0 Å². The van der Waals surface area contributed by atoms with Gasteiger partial charge in [-0.1, -0.05) is 18.2 Å². The minimum atomic E-state index is 0.480. The van der Waals surface area contributed by atoms with Crippen LogP contribution < -0.4 is 10.2 Å². The quantitative estimate of drug-likeness (QED) is 0.782. The first-order chi connectivity index (χ1) is 8.86. The van der Waals surface area contributed by atoms with E-state index in [2.05, 4.69) is 47.6 Å². The van der Waals surface area contributed by atoms with Gasteiger partial charge in [-0.15, -0.1) is 0 Å². The molecule has 3 heteroatoms. The molecule has 0 amide bonds. The molecule has 0 aromatic heterocycles. The van der Waals surface area contributed by atoms with E-state index in [-0.39, 0.29) is 0 Å². The number of hydrogen-bond donors (Lipinski definition) is 1. The number of nitrogens with zero attached hydrogens (tertiary/aromatic N) is 1. The van der Waals surface area contributed by atoms with Gasteiger partial charge < -0.3 is 15.0 Å². The highest BCUT2D eigenvalue weighted by Gasteiger charge is 2.12. The Hall–Kier alpha value is -1.06. The molecule has 100 valence electrons. The summed E-state index contributed by atoms with van der Waals surface area (Å²) in [5, 5.41) is 3.36. The summed E-state index contributed by atoms with van der Waals surface area (Å²) in [6.45, 7) is 4.14. The number of nitrogens with one attached hydrogen (secondary N) is 1. The Bertz CT molecular complexity index is 323. The topological polar surface area (TPSA) is 24.5 Å². The normalized spacial score (nSPS) is 16.7.